The predicted molar refractivity (Wildman–Crippen MR) is 45.3 cm³/mol. The Balaban J connectivity index is 2.66. The molecule has 12 heavy (non-hydrogen) atoms. The van der Waals surface area contributed by atoms with E-state index in [1.54, 1.807) is 0 Å². The van der Waals surface area contributed by atoms with Gasteiger partial charge in [0.15, 0.2) is 0 Å². The van der Waals surface area contributed by atoms with Gasteiger partial charge in [0.1, 0.15) is 0 Å². The molecule has 1 N–H and O–H groups in total. The fourth-order valence-electron chi connectivity index (χ4n) is 1.27. The average molecular weight is 170 g/mol. The molecule has 1 aliphatic heterocycles. The van der Waals surface area contributed by atoms with Crippen LogP contribution in [0.15, 0.2) is 11.9 Å². The molecule has 4 nitrogen and oxygen atoms in total. The summed E-state index contributed by atoms with van der Waals surface area (Å²) in [6.07, 6.45) is 2.24. The molecule has 0 saturated carbocycles. The van der Waals surface area contributed by atoms with E-state index in [2.05, 4.69) is 0 Å². The number of rotatable bonds is 2. The predicted octanol–water partition coefficient (Wildman–Crippen LogP) is 0.526. The molecule has 68 valence electrons. The second-order valence-electron chi connectivity index (χ2n) is 3.10. The molecule has 0 radical (unpaired) electrons. The van der Waals surface area contributed by atoms with Gasteiger partial charge in [0.2, 0.25) is 0 Å². The van der Waals surface area contributed by atoms with Crippen molar-refractivity contribution < 1.29 is 9.90 Å². The average Bonchev–Trinajstić information content (AvgIpc) is 2.17. The first-order valence-electron chi connectivity index (χ1n) is 3.89. The van der Waals surface area contributed by atoms with Gasteiger partial charge >= 0.3 is 5.97 Å². The lowest BCUT2D eigenvalue weighted by Crippen LogP contribution is -2.32. The molecule has 0 amide bonds. The van der Waals surface area contributed by atoms with Crippen molar-refractivity contribution in [3.63, 3.8) is 0 Å². The molecular weight excluding hydrogens is 156 g/mol. The molecule has 0 aliphatic carbocycles. The van der Waals surface area contributed by atoms with Crippen molar-refractivity contribution in [2.24, 2.45) is 0 Å². The molecule has 0 aromatic rings. The number of aliphatic carboxylic acids is 1. The number of hydrogen-bond acceptors (Lipinski definition) is 3. The lowest BCUT2D eigenvalue weighted by molar-refractivity contribution is -0.136. The van der Waals surface area contributed by atoms with E-state index in [4.69, 9.17) is 5.11 Å². The SMILES string of the molecule is CC1N(C)C=C(CC(=O)O)N1C. The molecule has 1 heterocycles. The van der Waals surface area contributed by atoms with Crippen molar-refractivity contribution in [3.05, 3.63) is 11.9 Å². The van der Waals surface area contributed by atoms with Crippen molar-refractivity contribution in [2.45, 2.75) is 19.5 Å². The maximum absolute atomic E-state index is 10.4. The Morgan fingerprint density at radius 2 is 2.25 bits per heavy atom. The summed E-state index contributed by atoms with van der Waals surface area (Å²) < 4.78 is 0. The van der Waals surface area contributed by atoms with Gasteiger partial charge in [-0.15, -0.1) is 0 Å². The summed E-state index contributed by atoms with van der Waals surface area (Å²) in [5.41, 5.74) is 0.859. The molecular formula is C8H14N2O2. The highest BCUT2D eigenvalue weighted by Gasteiger charge is 2.23. The Bertz CT molecular complexity index is 225. The highest BCUT2D eigenvalue weighted by Crippen LogP contribution is 2.20. The van der Waals surface area contributed by atoms with Crippen LogP contribution in [0.3, 0.4) is 0 Å². The summed E-state index contributed by atoms with van der Waals surface area (Å²) in [4.78, 5) is 14.4. The van der Waals surface area contributed by atoms with Gasteiger partial charge in [0.25, 0.3) is 0 Å². The van der Waals surface area contributed by atoms with Crippen LogP contribution in [0.25, 0.3) is 0 Å². The van der Waals surface area contributed by atoms with Crippen molar-refractivity contribution in [1.82, 2.24) is 9.80 Å². The van der Waals surface area contributed by atoms with Crippen LogP contribution in [0.2, 0.25) is 0 Å². The number of carbonyl (C=O) groups is 1. The number of carboxylic acid groups (broad SMARTS) is 1. The van der Waals surface area contributed by atoms with Crippen LogP contribution in [-0.2, 0) is 4.79 Å². The number of hydrogen-bond donors (Lipinski definition) is 1. The summed E-state index contributed by atoms with van der Waals surface area (Å²) >= 11 is 0. The van der Waals surface area contributed by atoms with Gasteiger partial charge in [0.05, 0.1) is 12.6 Å². The molecule has 0 saturated heterocycles. The van der Waals surface area contributed by atoms with Gasteiger partial charge in [-0.25, -0.2) is 0 Å². The summed E-state index contributed by atoms with van der Waals surface area (Å²) in [5, 5.41) is 8.58. The Morgan fingerprint density at radius 3 is 2.58 bits per heavy atom. The Morgan fingerprint density at radius 1 is 1.67 bits per heavy atom. The van der Waals surface area contributed by atoms with Crippen LogP contribution >= 0.6 is 0 Å². The van der Waals surface area contributed by atoms with Gasteiger partial charge < -0.3 is 14.9 Å². The largest absolute Gasteiger partial charge is 0.481 e. The van der Waals surface area contributed by atoms with E-state index >= 15 is 0 Å². The maximum Gasteiger partial charge on any atom is 0.309 e. The first-order chi connectivity index (χ1) is 5.52. The van der Waals surface area contributed by atoms with Crippen LogP contribution in [0.1, 0.15) is 13.3 Å². The third kappa shape index (κ3) is 1.52. The topological polar surface area (TPSA) is 43.8 Å². The molecule has 1 aliphatic rings. The minimum Gasteiger partial charge on any atom is -0.481 e. The molecule has 0 bridgehead atoms. The zero-order valence-corrected chi connectivity index (χ0v) is 7.61. The first kappa shape index (κ1) is 8.90. The molecule has 0 spiro atoms. The van der Waals surface area contributed by atoms with Crippen LogP contribution in [0, 0.1) is 0 Å². The zero-order valence-electron chi connectivity index (χ0n) is 7.61. The first-order valence-corrected chi connectivity index (χ1v) is 3.89. The number of carboxylic acids is 1. The van der Waals surface area contributed by atoms with Crippen LogP contribution < -0.4 is 0 Å². The minimum atomic E-state index is -0.782. The van der Waals surface area contributed by atoms with E-state index in [9.17, 15) is 4.79 Å². The smallest absolute Gasteiger partial charge is 0.309 e. The van der Waals surface area contributed by atoms with Crippen LogP contribution in [0.5, 0.6) is 0 Å². The van der Waals surface area contributed by atoms with E-state index < -0.39 is 5.97 Å². The third-order valence-electron chi connectivity index (χ3n) is 2.29. The third-order valence-corrected chi connectivity index (χ3v) is 2.29. The lowest BCUT2D eigenvalue weighted by Gasteiger charge is -2.24. The Labute approximate surface area is 72.1 Å². The van der Waals surface area contributed by atoms with Gasteiger partial charge in [-0.1, -0.05) is 0 Å². The second kappa shape index (κ2) is 3.05. The quantitative estimate of drug-likeness (QED) is 0.656. The highest BCUT2D eigenvalue weighted by atomic mass is 16.4. The molecule has 4 heteroatoms. The molecule has 0 fully saturated rings. The lowest BCUT2D eigenvalue weighted by atomic mass is 10.3. The van der Waals surface area contributed by atoms with Crippen LogP contribution in [0.4, 0.5) is 0 Å². The second-order valence-corrected chi connectivity index (χ2v) is 3.10. The molecule has 0 aromatic carbocycles. The number of nitrogens with zero attached hydrogens (tertiary/aromatic N) is 2. The minimum absolute atomic E-state index is 0.102. The molecule has 1 atom stereocenters. The van der Waals surface area contributed by atoms with E-state index in [0.29, 0.717) is 0 Å². The zero-order chi connectivity index (χ0) is 9.30. The van der Waals surface area contributed by atoms with Gasteiger partial charge in [-0.05, 0) is 6.92 Å². The highest BCUT2D eigenvalue weighted by molar-refractivity contribution is 5.69. The standard InChI is InChI=1S/C8H14N2O2/c1-6-9(2)5-7(10(6)3)4-8(11)12/h5-6H,4H2,1-3H3,(H,11,12). The van der Waals surface area contributed by atoms with E-state index in [0.717, 1.165) is 5.70 Å². The summed E-state index contributed by atoms with van der Waals surface area (Å²) in [7, 11) is 3.85. The maximum atomic E-state index is 10.4. The Hall–Kier alpha value is -1.19. The van der Waals surface area contributed by atoms with Gasteiger partial charge in [0, 0.05) is 26.0 Å². The molecule has 0 aromatic heterocycles. The van der Waals surface area contributed by atoms with E-state index in [1.807, 2.05) is 37.0 Å². The monoisotopic (exact) mass is 170 g/mol. The molecule has 1 unspecified atom stereocenters. The Kier molecular flexibility index (Phi) is 2.26. The van der Waals surface area contributed by atoms with Gasteiger partial charge in [-0.3, -0.25) is 4.79 Å². The molecule has 1 rings (SSSR count). The van der Waals surface area contributed by atoms with Crippen molar-refractivity contribution >= 4 is 5.97 Å². The van der Waals surface area contributed by atoms with Gasteiger partial charge in [-0.2, -0.15) is 0 Å². The van der Waals surface area contributed by atoms with E-state index in [-0.39, 0.29) is 12.6 Å². The van der Waals surface area contributed by atoms with Crippen molar-refractivity contribution in [2.75, 3.05) is 14.1 Å². The summed E-state index contributed by atoms with van der Waals surface area (Å²) in [5.74, 6) is -0.782. The fourth-order valence-corrected chi connectivity index (χ4v) is 1.27. The van der Waals surface area contributed by atoms with Crippen LogP contribution in [-0.4, -0.2) is 41.1 Å². The normalized spacial score (nSPS) is 22.9. The van der Waals surface area contributed by atoms with Crippen molar-refractivity contribution in [1.29, 1.82) is 0 Å². The van der Waals surface area contributed by atoms with Crippen molar-refractivity contribution in [3.8, 4) is 0 Å². The summed E-state index contributed by atoms with van der Waals surface area (Å²) in [6.45, 7) is 2.03. The van der Waals surface area contributed by atoms with E-state index in [1.165, 1.54) is 0 Å². The fraction of sp³-hybridized carbons (Fsp3) is 0.625. The summed E-state index contributed by atoms with van der Waals surface area (Å²) in [6, 6.07) is 0.